The molecular formula is C25H26N2O6S. The molecule has 0 saturated heterocycles. The molecule has 0 aromatic heterocycles. The van der Waals surface area contributed by atoms with E-state index in [0.717, 1.165) is 0 Å². The summed E-state index contributed by atoms with van der Waals surface area (Å²) in [5.41, 5.74) is 1.52. The number of hydrogen-bond acceptors (Lipinski definition) is 6. The fourth-order valence-corrected chi connectivity index (χ4v) is 4.08. The van der Waals surface area contributed by atoms with Crippen LogP contribution in [0.4, 0.5) is 11.4 Å². The van der Waals surface area contributed by atoms with Crippen molar-refractivity contribution < 1.29 is 27.5 Å². The zero-order valence-corrected chi connectivity index (χ0v) is 19.7. The van der Waals surface area contributed by atoms with Crippen LogP contribution in [-0.2, 0) is 14.8 Å². The maximum absolute atomic E-state index is 12.6. The first-order chi connectivity index (χ1) is 16.3. The molecular weight excluding hydrogens is 456 g/mol. The van der Waals surface area contributed by atoms with Crippen LogP contribution in [-0.4, -0.2) is 33.8 Å². The molecule has 8 nitrogen and oxygen atoms in total. The number of methoxy groups -OCH3 is 1. The first kappa shape index (κ1) is 24.8. The normalized spacial score (nSPS) is 10.9. The molecule has 0 aliphatic carbocycles. The summed E-state index contributed by atoms with van der Waals surface area (Å²) in [4.78, 5) is 23.5. The Morgan fingerprint density at radius 3 is 2.00 bits per heavy atom. The van der Waals surface area contributed by atoms with Crippen molar-refractivity contribution in [3.8, 4) is 11.5 Å². The SMILES string of the molecule is COc1ccc(NS(=O)(=O)c2ccc(NC(=O)CCCOc3ccc(C(C)=O)cc3)cc2)cc1. The highest BCUT2D eigenvalue weighted by Gasteiger charge is 2.14. The average molecular weight is 483 g/mol. The molecule has 0 spiro atoms. The molecule has 0 saturated carbocycles. The molecule has 0 heterocycles. The van der Waals surface area contributed by atoms with Gasteiger partial charge in [-0.05, 0) is 86.1 Å². The molecule has 178 valence electrons. The Kier molecular flexibility index (Phi) is 8.26. The average Bonchev–Trinajstić information content (AvgIpc) is 2.83. The third-order valence-corrected chi connectivity index (χ3v) is 6.27. The number of ketones is 1. The van der Waals surface area contributed by atoms with E-state index in [0.29, 0.717) is 41.5 Å². The van der Waals surface area contributed by atoms with Crippen LogP contribution >= 0.6 is 0 Å². The lowest BCUT2D eigenvalue weighted by Gasteiger charge is -2.10. The zero-order valence-electron chi connectivity index (χ0n) is 18.9. The minimum absolute atomic E-state index is 0.0117. The molecule has 0 atom stereocenters. The number of carbonyl (C=O) groups is 2. The highest BCUT2D eigenvalue weighted by atomic mass is 32.2. The predicted octanol–water partition coefficient (Wildman–Crippen LogP) is 4.50. The van der Waals surface area contributed by atoms with Gasteiger partial charge >= 0.3 is 0 Å². The minimum atomic E-state index is -3.77. The molecule has 9 heteroatoms. The third kappa shape index (κ3) is 7.08. The van der Waals surface area contributed by atoms with E-state index < -0.39 is 10.0 Å². The molecule has 34 heavy (non-hydrogen) atoms. The fraction of sp³-hybridized carbons (Fsp3) is 0.200. The molecule has 0 aliphatic rings. The van der Waals surface area contributed by atoms with Crippen LogP contribution < -0.4 is 19.5 Å². The van der Waals surface area contributed by atoms with Crippen molar-refractivity contribution in [2.75, 3.05) is 23.8 Å². The van der Waals surface area contributed by atoms with Gasteiger partial charge in [0.05, 0.1) is 18.6 Å². The van der Waals surface area contributed by atoms with Gasteiger partial charge in [0.25, 0.3) is 10.0 Å². The number of ether oxygens (including phenoxy) is 2. The number of amides is 1. The van der Waals surface area contributed by atoms with E-state index in [2.05, 4.69) is 10.0 Å². The van der Waals surface area contributed by atoms with Gasteiger partial charge in [0.1, 0.15) is 11.5 Å². The summed E-state index contributed by atoms with van der Waals surface area (Å²) in [6, 6.07) is 19.3. The van der Waals surface area contributed by atoms with Gasteiger partial charge in [0.2, 0.25) is 5.91 Å². The van der Waals surface area contributed by atoms with Crippen molar-refractivity contribution in [3.63, 3.8) is 0 Å². The number of benzene rings is 3. The van der Waals surface area contributed by atoms with Crippen LogP contribution in [0.5, 0.6) is 11.5 Å². The van der Waals surface area contributed by atoms with E-state index in [1.807, 2.05) is 0 Å². The van der Waals surface area contributed by atoms with Crippen molar-refractivity contribution >= 4 is 33.1 Å². The molecule has 0 radical (unpaired) electrons. The second-order valence-corrected chi connectivity index (χ2v) is 9.12. The monoisotopic (exact) mass is 482 g/mol. The van der Waals surface area contributed by atoms with E-state index in [1.54, 1.807) is 48.5 Å². The van der Waals surface area contributed by atoms with Crippen molar-refractivity contribution in [2.24, 2.45) is 0 Å². The molecule has 3 rings (SSSR count). The Labute approximate surface area is 199 Å². The fourth-order valence-electron chi connectivity index (χ4n) is 3.02. The largest absolute Gasteiger partial charge is 0.497 e. The number of anilines is 2. The highest BCUT2D eigenvalue weighted by Crippen LogP contribution is 2.21. The van der Waals surface area contributed by atoms with Crippen molar-refractivity contribution in [3.05, 3.63) is 78.4 Å². The molecule has 0 aliphatic heterocycles. The number of sulfonamides is 1. The Hall–Kier alpha value is -3.85. The van der Waals surface area contributed by atoms with Gasteiger partial charge in [0, 0.05) is 23.4 Å². The van der Waals surface area contributed by atoms with Crippen LogP contribution in [0.1, 0.15) is 30.1 Å². The van der Waals surface area contributed by atoms with Gasteiger partial charge in [-0.3, -0.25) is 14.3 Å². The van der Waals surface area contributed by atoms with Crippen molar-refractivity contribution in [1.82, 2.24) is 0 Å². The van der Waals surface area contributed by atoms with E-state index in [1.165, 1.54) is 38.3 Å². The van der Waals surface area contributed by atoms with Crippen molar-refractivity contribution in [2.45, 2.75) is 24.7 Å². The minimum Gasteiger partial charge on any atom is -0.497 e. The van der Waals surface area contributed by atoms with E-state index in [4.69, 9.17) is 9.47 Å². The lowest BCUT2D eigenvalue weighted by Crippen LogP contribution is -2.14. The number of hydrogen-bond donors (Lipinski definition) is 2. The van der Waals surface area contributed by atoms with Gasteiger partial charge < -0.3 is 14.8 Å². The highest BCUT2D eigenvalue weighted by molar-refractivity contribution is 7.92. The molecule has 0 fully saturated rings. The van der Waals surface area contributed by atoms with Crippen LogP contribution in [0, 0.1) is 0 Å². The summed E-state index contributed by atoms with van der Waals surface area (Å²) in [5.74, 6) is 1.04. The number of nitrogens with one attached hydrogen (secondary N) is 2. The Bertz CT molecular complexity index is 1220. The van der Waals surface area contributed by atoms with Gasteiger partial charge in [-0.1, -0.05) is 0 Å². The van der Waals surface area contributed by atoms with E-state index >= 15 is 0 Å². The number of Topliss-reactive ketones (excluding diaryl/α,β-unsaturated/α-hetero) is 1. The first-order valence-electron chi connectivity index (χ1n) is 10.6. The maximum atomic E-state index is 12.6. The Balaban J connectivity index is 1.45. The van der Waals surface area contributed by atoms with Crippen LogP contribution in [0.2, 0.25) is 0 Å². The summed E-state index contributed by atoms with van der Waals surface area (Å²) >= 11 is 0. The zero-order chi connectivity index (χ0) is 24.6. The molecule has 3 aromatic carbocycles. The van der Waals surface area contributed by atoms with Gasteiger partial charge in [0.15, 0.2) is 5.78 Å². The molecule has 0 unspecified atom stereocenters. The molecule has 1 amide bonds. The summed E-state index contributed by atoms with van der Waals surface area (Å²) < 4.78 is 38.3. The first-order valence-corrected chi connectivity index (χ1v) is 12.1. The smallest absolute Gasteiger partial charge is 0.261 e. The standard InChI is InChI=1S/C25H26N2O6S/c1-18(28)19-5-11-23(12-6-19)33-17-3-4-25(29)26-20-9-15-24(16-10-20)34(30,31)27-21-7-13-22(32-2)14-8-21/h5-16,27H,3-4,17H2,1-2H3,(H,26,29). The maximum Gasteiger partial charge on any atom is 0.261 e. The van der Waals surface area contributed by atoms with E-state index in [9.17, 15) is 18.0 Å². The van der Waals surface area contributed by atoms with Gasteiger partial charge in [-0.15, -0.1) is 0 Å². The Morgan fingerprint density at radius 2 is 1.41 bits per heavy atom. The van der Waals surface area contributed by atoms with E-state index in [-0.39, 0.29) is 23.0 Å². The lowest BCUT2D eigenvalue weighted by molar-refractivity contribution is -0.116. The van der Waals surface area contributed by atoms with Crippen molar-refractivity contribution in [1.29, 1.82) is 0 Å². The third-order valence-electron chi connectivity index (χ3n) is 4.87. The number of carbonyl (C=O) groups excluding carboxylic acids is 2. The second kappa shape index (κ2) is 11.3. The number of rotatable bonds is 11. The van der Waals surface area contributed by atoms with Gasteiger partial charge in [-0.25, -0.2) is 8.42 Å². The lowest BCUT2D eigenvalue weighted by atomic mass is 10.1. The quantitative estimate of drug-likeness (QED) is 0.308. The van der Waals surface area contributed by atoms with Crippen LogP contribution in [0.15, 0.2) is 77.7 Å². The summed E-state index contributed by atoms with van der Waals surface area (Å²) in [5, 5.41) is 2.74. The predicted molar refractivity (Wildman–Crippen MR) is 130 cm³/mol. The van der Waals surface area contributed by atoms with Crippen LogP contribution in [0.3, 0.4) is 0 Å². The summed E-state index contributed by atoms with van der Waals surface area (Å²) in [6.07, 6.45) is 0.739. The second-order valence-electron chi connectivity index (χ2n) is 7.44. The van der Waals surface area contributed by atoms with Crippen LogP contribution in [0.25, 0.3) is 0 Å². The molecule has 0 bridgehead atoms. The topological polar surface area (TPSA) is 111 Å². The Morgan fingerprint density at radius 1 is 0.824 bits per heavy atom. The summed E-state index contributed by atoms with van der Waals surface area (Å²) in [6.45, 7) is 1.85. The summed E-state index contributed by atoms with van der Waals surface area (Å²) in [7, 11) is -2.24. The van der Waals surface area contributed by atoms with Gasteiger partial charge in [-0.2, -0.15) is 0 Å². The molecule has 3 aromatic rings. The molecule has 2 N–H and O–H groups in total.